The topological polar surface area (TPSA) is 41.8 Å². The molecule has 3 N–H and O–H groups in total. The standard InChI is InChI=1S/C14H20N2/c1-4-10(5-2)14-9(3)16-13-7-6-11(15)8-12(13)14/h6-8,10,16H,4-5,15H2,1-3H3. The van der Waals surface area contributed by atoms with E-state index in [0.29, 0.717) is 5.92 Å². The van der Waals surface area contributed by atoms with Gasteiger partial charge in [0.15, 0.2) is 0 Å². The van der Waals surface area contributed by atoms with Crippen LogP contribution in [0.2, 0.25) is 0 Å². The molecule has 0 saturated heterocycles. The number of benzene rings is 1. The average molecular weight is 216 g/mol. The molecule has 0 atom stereocenters. The predicted octanol–water partition coefficient (Wildman–Crippen LogP) is 3.96. The molecule has 1 heterocycles. The van der Waals surface area contributed by atoms with Crippen molar-refractivity contribution >= 4 is 16.6 Å². The van der Waals surface area contributed by atoms with Gasteiger partial charge < -0.3 is 10.7 Å². The Morgan fingerprint density at radius 1 is 1.25 bits per heavy atom. The van der Waals surface area contributed by atoms with Gasteiger partial charge in [-0.3, -0.25) is 0 Å². The van der Waals surface area contributed by atoms with Gasteiger partial charge in [0.1, 0.15) is 0 Å². The van der Waals surface area contributed by atoms with Crippen LogP contribution in [0.5, 0.6) is 0 Å². The molecule has 2 heteroatoms. The van der Waals surface area contributed by atoms with Gasteiger partial charge in [0.2, 0.25) is 0 Å². The van der Waals surface area contributed by atoms with Crippen LogP contribution in [-0.4, -0.2) is 4.98 Å². The van der Waals surface area contributed by atoms with Crippen molar-refractivity contribution in [2.45, 2.75) is 39.5 Å². The Morgan fingerprint density at radius 3 is 2.56 bits per heavy atom. The fourth-order valence-corrected chi connectivity index (χ4v) is 2.59. The van der Waals surface area contributed by atoms with E-state index >= 15 is 0 Å². The highest BCUT2D eigenvalue weighted by molar-refractivity contribution is 5.87. The molecule has 0 saturated carbocycles. The molecule has 1 aromatic heterocycles. The first-order valence-electron chi connectivity index (χ1n) is 6.05. The number of aryl methyl sites for hydroxylation is 1. The molecular formula is C14H20N2. The first-order chi connectivity index (χ1) is 7.67. The van der Waals surface area contributed by atoms with Crippen molar-refractivity contribution in [3.8, 4) is 0 Å². The van der Waals surface area contributed by atoms with Crippen LogP contribution >= 0.6 is 0 Å². The summed E-state index contributed by atoms with van der Waals surface area (Å²) in [6.07, 6.45) is 2.36. The summed E-state index contributed by atoms with van der Waals surface area (Å²) in [7, 11) is 0. The lowest BCUT2D eigenvalue weighted by Crippen LogP contribution is -1.96. The van der Waals surface area contributed by atoms with Crippen LogP contribution in [0.1, 0.15) is 43.9 Å². The first-order valence-corrected chi connectivity index (χ1v) is 6.05. The Kier molecular flexibility index (Phi) is 2.90. The lowest BCUT2D eigenvalue weighted by molar-refractivity contribution is 0.642. The van der Waals surface area contributed by atoms with Crippen molar-refractivity contribution in [2.75, 3.05) is 5.73 Å². The minimum Gasteiger partial charge on any atom is -0.399 e. The summed E-state index contributed by atoms with van der Waals surface area (Å²) >= 11 is 0. The summed E-state index contributed by atoms with van der Waals surface area (Å²) in [4.78, 5) is 3.45. The number of aromatic amines is 1. The molecule has 0 aliphatic carbocycles. The number of hydrogen-bond acceptors (Lipinski definition) is 1. The van der Waals surface area contributed by atoms with Crippen LogP contribution in [0.4, 0.5) is 5.69 Å². The molecule has 0 aliphatic rings. The number of fused-ring (bicyclic) bond motifs is 1. The monoisotopic (exact) mass is 216 g/mol. The zero-order valence-electron chi connectivity index (χ0n) is 10.3. The van der Waals surface area contributed by atoms with E-state index in [4.69, 9.17) is 5.73 Å². The molecule has 1 aromatic carbocycles. The third-order valence-corrected chi connectivity index (χ3v) is 3.45. The van der Waals surface area contributed by atoms with E-state index < -0.39 is 0 Å². The summed E-state index contributed by atoms with van der Waals surface area (Å²) in [5.74, 6) is 0.635. The number of nitrogens with two attached hydrogens (primary N) is 1. The van der Waals surface area contributed by atoms with Crippen LogP contribution in [0, 0.1) is 6.92 Å². The van der Waals surface area contributed by atoms with Crippen molar-refractivity contribution in [2.24, 2.45) is 0 Å². The van der Waals surface area contributed by atoms with Gasteiger partial charge in [-0.05, 0) is 49.4 Å². The molecule has 0 bridgehead atoms. The van der Waals surface area contributed by atoms with E-state index in [1.54, 1.807) is 0 Å². The number of aromatic nitrogens is 1. The third-order valence-electron chi connectivity index (χ3n) is 3.45. The van der Waals surface area contributed by atoms with Crippen LogP contribution in [0.15, 0.2) is 18.2 Å². The Balaban J connectivity index is 2.66. The smallest absolute Gasteiger partial charge is 0.0460 e. The fraction of sp³-hybridized carbons (Fsp3) is 0.429. The molecule has 0 spiro atoms. The van der Waals surface area contributed by atoms with E-state index in [-0.39, 0.29) is 0 Å². The number of anilines is 1. The van der Waals surface area contributed by atoms with Crippen molar-refractivity contribution in [1.29, 1.82) is 0 Å². The van der Waals surface area contributed by atoms with Crippen LogP contribution in [0.3, 0.4) is 0 Å². The van der Waals surface area contributed by atoms with Gasteiger partial charge in [0.25, 0.3) is 0 Å². The molecule has 0 aliphatic heterocycles. The molecule has 16 heavy (non-hydrogen) atoms. The number of nitrogen functional groups attached to an aromatic ring is 1. The summed E-state index contributed by atoms with van der Waals surface area (Å²) in [5, 5.41) is 1.30. The lowest BCUT2D eigenvalue weighted by atomic mass is 9.91. The van der Waals surface area contributed by atoms with Gasteiger partial charge in [0, 0.05) is 22.3 Å². The second-order valence-corrected chi connectivity index (χ2v) is 4.48. The maximum atomic E-state index is 5.87. The highest BCUT2D eigenvalue weighted by Gasteiger charge is 2.15. The van der Waals surface area contributed by atoms with Gasteiger partial charge >= 0.3 is 0 Å². The summed E-state index contributed by atoms with van der Waals surface area (Å²) < 4.78 is 0. The van der Waals surface area contributed by atoms with E-state index in [2.05, 4.69) is 37.9 Å². The molecule has 2 nitrogen and oxygen atoms in total. The Bertz CT molecular complexity index is 493. The molecule has 0 fully saturated rings. The van der Waals surface area contributed by atoms with E-state index in [9.17, 15) is 0 Å². The zero-order chi connectivity index (χ0) is 11.7. The normalized spacial score (nSPS) is 11.5. The second-order valence-electron chi connectivity index (χ2n) is 4.48. The molecule has 2 aromatic rings. The summed E-state index contributed by atoms with van der Waals surface area (Å²) in [5.41, 5.74) is 10.7. The Labute approximate surface area is 96.9 Å². The van der Waals surface area contributed by atoms with Crippen molar-refractivity contribution in [1.82, 2.24) is 4.98 Å². The number of nitrogens with one attached hydrogen (secondary N) is 1. The fourth-order valence-electron chi connectivity index (χ4n) is 2.59. The van der Waals surface area contributed by atoms with E-state index in [1.165, 1.54) is 35.0 Å². The number of hydrogen-bond donors (Lipinski definition) is 2. The maximum Gasteiger partial charge on any atom is 0.0460 e. The molecular weight excluding hydrogens is 196 g/mol. The third kappa shape index (κ3) is 1.69. The molecule has 0 radical (unpaired) electrons. The summed E-state index contributed by atoms with van der Waals surface area (Å²) in [6.45, 7) is 6.65. The van der Waals surface area contributed by atoms with Gasteiger partial charge in [-0.15, -0.1) is 0 Å². The largest absolute Gasteiger partial charge is 0.399 e. The van der Waals surface area contributed by atoms with Gasteiger partial charge in [-0.1, -0.05) is 13.8 Å². The predicted molar refractivity (Wildman–Crippen MR) is 70.8 cm³/mol. The quantitative estimate of drug-likeness (QED) is 0.749. The van der Waals surface area contributed by atoms with E-state index in [1.807, 2.05) is 6.07 Å². The molecule has 2 rings (SSSR count). The van der Waals surface area contributed by atoms with Crippen LogP contribution in [-0.2, 0) is 0 Å². The van der Waals surface area contributed by atoms with E-state index in [0.717, 1.165) is 5.69 Å². The minimum atomic E-state index is 0.635. The van der Waals surface area contributed by atoms with Gasteiger partial charge in [-0.2, -0.15) is 0 Å². The van der Waals surface area contributed by atoms with Crippen LogP contribution < -0.4 is 5.73 Å². The Morgan fingerprint density at radius 2 is 1.94 bits per heavy atom. The zero-order valence-corrected chi connectivity index (χ0v) is 10.3. The lowest BCUT2D eigenvalue weighted by Gasteiger charge is -2.13. The highest BCUT2D eigenvalue weighted by atomic mass is 14.7. The van der Waals surface area contributed by atoms with Crippen molar-refractivity contribution in [3.05, 3.63) is 29.5 Å². The number of H-pyrrole nitrogens is 1. The van der Waals surface area contributed by atoms with Gasteiger partial charge in [0.05, 0.1) is 0 Å². The molecule has 0 unspecified atom stereocenters. The number of rotatable bonds is 3. The molecule has 86 valence electrons. The van der Waals surface area contributed by atoms with Crippen molar-refractivity contribution < 1.29 is 0 Å². The summed E-state index contributed by atoms with van der Waals surface area (Å²) in [6, 6.07) is 6.12. The van der Waals surface area contributed by atoms with Gasteiger partial charge in [-0.25, -0.2) is 0 Å². The SMILES string of the molecule is CCC(CC)c1c(C)[nH]c2ccc(N)cc12. The first kappa shape index (κ1) is 11.1. The molecule has 0 amide bonds. The second kappa shape index (κ2) is 4.20. The van der Waals surface area contributed by atoms with Crippen molar-refractivity contribution in [3.63, 3.8) is 0 Å². The minimum absolute atomic E-state index is 0.635. The maximum absolute atomic E-state index is 5.87. The average Bonchev–Trinajstić information content (AvgIpc) is 2.58. The Hall–Kier alpha value is -1.44. The highest BCUT2D eigenvalue weighted by Crippen LogP contribution is 2.33. The van der Waals surface area contributed by atoms with Crippen LogP contribution in [0.25, 0.3) is 10.9 Å².